The van der Waals surface area contributed by atoms with E-state index in [9.17, 15) is 22.8 Å². The van der Waals surface area contributed by atoms with Crippen LogP contribution in [0, 0.1) is 12.4 Å². The van der Waals surface area contributed by atoms with Gasteiger partial charge in [0.1, 0.15) is 17.6 Å². The van der Waals surface area contributed by atoms with Gasteiger partial charge in [0.2, 0.25) is 0 Å². The number of carbonyl (C=O) groups excluding carboxylic acids is 2. The summed E-state index contributed by atoms with van der Waals surface area (Å²) in [5.74, 6) is -2.39. The molecule has 44 heavy (non-hydrogen) atoms. The Morgan fingerprint density at radius 2 is 1.86 bits per heavy atom. The number of amides is 2. The van der Waals surface area contributed by atoms with Crippen LogP contribution in [0.25, 0.3) is 15.7 Å². The van der Waals surface area contributed by atoms with Crippen LogP contribution in [0.1, 0.15) is 53.6 Å². The summed E-state index contributed by atoms with van der Waals surface area (Å²) in [6.07, 6.45) is 0.845. The maximum atomic E-state index is 15.5. The molecule has 2 fully saturated rings. The predicted octanol–water partition coefficient (Wildman–Crippen LogP) is 7.04. The van der Waals surface area contributed by atoms with Gasteiger partial charge in [0.15, 0.2) is 5.11 Å². The summed E-state index contributed by atoms with van der Waals surface area (Å²) < 4.78 is 56.7. The van der Waals surface area contributed by atoms with E-state index < -0.39 is 34.8 Å². The number of anilines is 2. The Bertz CT molecular complexity index is 1860. The normalized spacial score (nSPS) is 16.5. The summed E-state index contributed by atoms with van der Waals surface area (Å²) in [6.45, 7) is 6.97. The van der Waals surface area contributed by atoms with Crippen molar-refractivity contribution in [3.63, 3.8) is 0 Å². The van der Waals surface area contributed by atoms with Crippen LogP contribution in [0.15, 0.2) is 60.9 Å². The lowest BCUT2D eigenvalue weighted by Gasteiger charge is -2.39. The Morgan fingerprint density at radius 1 is 1.09 bits per heavy atom. The first-order valence-corrected chi connectivity index (χ1v) is 14.2. The zero-order valence-electron chi connectivity index (χ0n) is 23.0. The highest BCUT2D eigenvalue weighted by atomic mass is 32.1. The Kier molecular flexibility index (Phi) is 7.33. The van der Waals surface area contributed by atoms with Crippen molar-refractivity contribution in [2.45, 2.75) is 50.4 Å². The third-order valence-electron chi connectivity index (χ3n) is 8.16. The molecule has 2 aliphatic rings. The number of fused-ring (bicyclic) bond motifs is 1. The van der Waals surface area contributed by atoms with Gasteiger partial charge in [-0.05, 0) is 67.5 Å². The smallest absolute Gasteiger partial charge is 0.361 e. The number of nitrogens with one attached hydrogen (secondary N) is 2. The molecule has 1 spiro atoms. The molecule has 0 bridgehead atoms. The number of H-pyrrole nitrogens is 1. The Balaban J connectivity index is 1.29. The summed E-state index contributed by atoms with van der Waals surface area (Å²) in [5, 5.41) is 3.47. The third-order valence-corrected chi connectivity index (χ3v) is 8.53. The highest BCUT2D eigenvalue weighted by Crippen LogP contribution is 2.46. The van der Waals surface area contributed by atoms with Gasteiger partial charge in [0.25, 0.3) is 17.6 Å². The van der Waals surface area contributed by atoms with Crippen molar-refractivity contribution in [2.75, 3.05) is 9.80 Å². The molecule has 4 aromatic rings. The highest BCUT2D eigenvalue weighted by molar-refractivity contribution is 7.81. The van der Waals surface area contributed by atoms with Gasteiger partial charge in [0.05, 0.1) is 11.3 Å². The molecule has 1 saturated carbocycles. The minimum atomic E-state index is -4.88. The molecule has 1 saturated heterocycles. The molecule has 0 radical (unpaired) electrons. The van der Waals surface area contributed by atoms with Crippen molar-refractivity contribution in [1.82, 2.24) is 15.3 Å². The van der Waals surface area contributed by atoms with Gasteiger partial charge >= 0.3 is 6.18 Å². The lowest BCUT2D eigenvalue weighted by molar-refractivity contribution is -0.137. The number of alkyl halides is 3. The van der Waals surface area contributed by atoms with Crippen LogP contribution in [0.5, 0.6) is 0 Å². The van der Waals surface area contributed by atoms with Gasteiger partial charge in [-0.1, -0.05) is 31.9 Å². The molecule has 2 N–H and O–H groups in total. The van der Waals surface area contributed by atoms with E-state index in [1.807, 2.05) is 6.07 Å². The fraction of sp³-hybridized carbons (Fsp3) is 0.258. The van der Waals surface area contributed by atoms with Gasteiger partial charge in [-0.3, -0.25) is 14.5 Å². The van der Waals surface area contributed by atoms with Crippen molar-refractivity contribution in [3.8, 4) is 0 Å². The molecule has 0 atom stereocenters. The summed E-state index contributed by atoms with van der Waals surface area (Å²) in [6, 6.07) is 12.0. The number of hydrogen-bond acceptors (Lipinski definition) is 4. The SMILES string of the molecule is [C-]#[N+]c1ncc(N2C(=O)C3(CCCCC3)N(c3ccc(CNC(=O)c4ccc5[nH]ccc5c4)c(F)c3)C2=S)cc1C(F)(F)F. The zero-order valence-corrected chi connectivity index (χ0v) is 23.9. The minimum Gasteiger partial charge on any atom is -0.361 e. The van der Waals surface area contributed by atoms with Gasteiger partial charge in [-0.15, -0.1) is 4.98 Å². The molecular formula is C31H24F4N6O2S. The molecule has 8 nitrogen and oxygen atoms in total. The van der Waals surface area contributed by atoms with Gasteiger partial charge < -0.3 is 20.0 Å². The molecule has 2 aromatic heterocycles. The number of pyridine rings is 1. The number of rotatable bonds is 5. The first kappa shape index (κ1) is 29.3. The number of thiocarbonyl (C=S) groups is 1. The highest BCUT2D eigenvalue weighted by Gasteiger charge is 2.57. The van der Waals surface area contributed by atoms with E-state index in [2.05, 4.69) is 20.1 Å². The van der Waals surface area contributed by atoms with Crippen molar-refractivity contribution >= 4 is 57.2 Å². The second kappa shape index (κ2) is 11.0. The molecule has 6 rings (SSSR count). The van der Waals surface area contributed by atoms with Crippen LogP contribution in [-0.2, 0) is 17.5 Å². The second-order valence-corrected chi connectivity index (χ2v) is 11.1. The number of benzene rings is 2. The van der Waals surface area contributed by atoms with Crippen LogP contribution in [0.4, 0.5) is 34.8 Å². The standard InChI is InChI=1S/C31H24F4N6O2S/c1-36-26-23(31(33,34)35)14-22(17-38-26)40-28(43)30(10-3-2-4-11-30)41(29(40)44)21-7-5-20(24(32)15-21)16-39-27(42)19-6-8-25-18(13-19)9-12-37-25/h5-9,12-15,17,37H,2-4,10-11,16H2,(H,39,42). The molecule has 2 aromatic carbocycles. The van der Waals surface area contributed by atoms with E-state index in [1.54, 1.807) is 30.5 Å². The van der Waals surface area contributed by atoms with E-state index in [0.717, 1.165) is 28.4 Å². The van der Waals surface area contributed by atoms with Gasteiger partial charge in [-0.2, -0.15) is 13.2 Å². The minimum absolute atomic E-state index is 0.101. The van der Waals surface area contributed by atoms with E-state index in [4.69, 9.17) is 18.8 Å². The first-order valence-electron chi connectivity index (χ1n) is 13.8. The summed E-state index contributed by atoms with van der Waals surface area (Å²) >= 11 is 5.68. The number of aromatic nitrogens is 2. The van der Waals surface area contributed by atoms with Crippen molar-refractivity contribution in [3.05, 3.63) is 94.8 Å². The van der Waals surface area contributed by atoms with Crippen LogP contribution in [0.2, 0.25) is 0 Å². The summed E-state index contributed by atoms with van der Waals surface area (Å²) in [5.41, 5.74) is -0.947. The lowest BCUT2D eigenvalue weighted by Crippen LogP contribution is -2.51. The van der Waals surface area contributed by atoms with E-state index in [1.165, 1.54) is 17.0 Å². The number of carbonyl (C=O) groups is 2. The average molecular weight is 621 g/mol. The maximum absolute atomic E-state index is 15.5. The third kappa shape index (κ3) is 4.94. The quantitative estimate of drug-likeness (QED) is 0.142. The van der Waals surface area contributed by atoms with Crippen molar-refractivity contribution in [1.29, 1.82) is 0 Å². The van der Waals surface area contributed by atoms with Crippen molar-refractivity contribution in [2.24, 2.45) is 0 Å². The second-order valence-electron chi connectivity index (χ2n) is 10.8. The van der Waals surface area contributed by atoms with Crippen LogP contribution >= 0.6 is 12.2 Å². The molecule has 1 aliphatic carbocycles. The summed E-state index contributed by atoms with van der Waals surface area (Å²) in [7, 11) is 0. The zero-order chi connectivity index (χ0) is 31.2. The topological polar surface area (TPSA) is 85.7 Å². The fourth-order valence-corrected chi connectivity index (χ4v) is 6.46. The molecule has 3 heterocycles. The largest absolute Gasteiger partial charge is 0.409 e. The van der Waals surface area contributed by atoms with Gasteiger partial charge in [0, 0.05) is 40.5 Å². The lowest BCUT2D eigenvalue weighted by atomic mass is 9.80. The van der Waals surface area contributed by atoms with E-state index in [0.29, 0.717) is 37.3 Å². The first-order chi connectivity index (χ1) is 21.0. The van der Waals surface area contributed by atoms with E-state index >= 15 is 4.39 Å². The average Bonchev–Trinajstić information content (AvgIpc) is 3.56. The molecular weight excluding hydrogens is 596 g/mol. The number of aromatic amines is 1. The van der Waals surface area contributed by atoms with E-state index in [-0.39, 0.29) is 34.5 Å². The number of nitrogens with zero attached hydrogens (tertiary/aromatic N) is 4. The Morgan fingerprint density at radius 3 is 2.57 bits per heavy atom. The van der Waals surface area contributed by atoms with Crippen LogP contribution < -0.4 is 15.1 Å². The monoisotopic (exact) mass is 620 g/mol. The maximum Gasteiger partial charge on any atom is 0.409 e. The van der Waals surface area contributed by atoms with Crippen molar-refractivity contribution < 1.29 is 27.2 Å². The predicted molar refractivity (Wildman–Crippen MR) is 160 cm³/mol. The molecule has 224 valence electrons. The molecule has 13 heteroatoms. The molecule has 1 aliphatic heterocycles. The number of hydrogen-bond donors (Lipinski definition) is 2. The fourth-order valence-electron chi connectivity index (χ4n) is 5.99. The van der Waals surface area contributed by atoms with Gasteiger partial charge in [-0.25, -0.2) is 4.39 Å². The Hall–Kier alpha value is -4.83. The Labute approximate surface area is 254 Å². The van der Waals surface area contributed by atoms with Crippen LogP contribution in [-0.4, -0.2) is 32.4 Å². The summed E-state index contributed by atoms with van der Waals surface area (Å²) in [4.78, 5) is 38.9. The van der Waals surface area contributed by atoms with Crippen LogP contribution in [0.3, 0.4) is 0 Å². The number of halogens is 4. The molecule has 0 unspecified atom stereocenters. The molecule has 2 amide bonds.